The summed E-state index contributed by atoms with van der Waals surface area (Å²) in [5.41, 5.74) is 1.78. The lowest BCUT2D eigenvalue weighted by molar-refractivity contribution is -0.134. The van der Waals surface area contributed by atoms with Gasteiger partial charge in [-0.2, -0.15) is 0 Å². The highest BCUT2D eigenvalue weighted by atomic mass is 16.4. The Labute approximate surface area is 97.9 Å². The van der Waals surface area contributed by atoms with Crippen LogP contribution in [0.25, 0.3) is 0 Å². The Balaban J connectivity index is 0.000000304. The quantitative estimate of drug-likeness (QED) is 0.640. The van der Waals surface area contributed by atoms with Crippen LogP contribution in [-0.4, -0.2) is 33.2 Å². The molecule has 0 aliphatic heterocycles. The summed E-state index contributed by atoms with van der Waals surface area (Å²) in [5, 5.41) is 24.1. The first-order chi connectivity index (χ1) is 7.88. The molecule has 1 aliphatic rings. The van der Waals surface area contributed by atoms with Gasteiger partial charge in [0.1, 0.15) is 0 Å². The number of carboxylic acids is 3. The summed E-state index contributed by atoms with van der Waals surface area (Å²) < 4.78 is 0. The number of hydrogen-bond acceptors (Lipinski definition) is 3. The Hall–Kier alpha value is -2.11. The molecule has 0 aromatic heterocycles. The average molecular weight is 242 g/mol. The molecular formula is C11H14O6. The third-order valence-corrected chi connectivity index (χ3v) is 2.16. The molecule has 6 heteroatoms. The highest BCUT2D eigenvalue weighted by Gasteiger charge is 2.20. The molecule has 3 N–H and O–H groups in total. The van der Waals surface area contributed by atoms with Crippen molar-refractivity contribution in [3.05, 3.63) is 23.3 Å². The monoisotopic (exact) mass is 242 g/mol. The number of carboxylic acid groups (broad SMARTS) is 3. The van der Waals surface area contributed by atoms with Crippen LogP contribution in [0.3, 0.4) is 0 Å². The molecule has 17 heavy (non-hydrogen) atoms. The van der Waals surface area contributed by atoms with Gasteiger partial charge in [0.05, 0.1) is 0 Å². The molecule has 0 bridgehead atoms. The van der Waals surface area contributed by atoms with Crippen molar-refractivity contribution in [1.82, 2.24) is 0 Å². The molecule has 0 aromatic carbocycles. The fourth-order valence-corrected chi connectivity index (χ4v) is 1.22. The number of hydrogen-bond donors (Lipinski definition) is 3. The zero-order valence-electron chi connectivity index (χ0n) is 9.34. The van der Waals surface area contributed by atoms with E-state index in [1.54, 1.807) is 0 Å². The lowest BCUT2D eigenvalue weighted by Crippen LogP contribution is -2.12. The van der Waals surface area contributed by atoms with Crippen molar-refractivity contribution in [2.24, 2.45) is 0 Å². The van der Waals surface area contributed by atoms with Crippen LogP contribution < -0.4 is 0 Å². The Morgan fingerprint density at radius 3 is 1.65 bits per heavy atom. The number of allylic oxidation sites excluding steroid dienone is 1. The van der Waals surface area contributed by atoms with Crippen LogP contribution in [0.15, 0.2) is 23.3 Å². The van der Waals surface area contributed by atoms with E-state index in [1.165, 1.54) is 0 Å². The lowest BCUT2D eigenvalue weighted by atomic mass is 9.87. The maximum Gasteiger partial charge on any atom is 0.331 e. The highest BCUT2D eigenvalue weighted by molar-refractivity contribution is 5.89. The van der Waals surface area contributed by atoms with Crippen molar-refractivity contribution in [1.29, 1.82) is 0 Å². The van der Waals surface area contributed by atoms with Gasteiger partial charge in [0.25, 0.3) is 0 Å². The van der Waals surface area contributed by atoms with Crippen molar-refractivity contribution in [3.8, 4) is 0 Å². The van der Waals surface area contributed by atoms with Crippen LogP contribution in [0.1, 0.15) is 26.2 Å². The van der Waals surface area contributed by atoms with Crippen LogP contribution in [0.5, 0.6) is 0 Å². The molecule has 0 saturated heterocycles. The fourth-order valence-electron chi connectivity index (χ4n) is 1.22. The Morgan fingerprint density at radius 1 is 1.06 bits per heavy atom. The maximum absolute atomic E-state index is 10.3. The van der Waals surface area contributed by atoms with E-state index in [1.807, 2.05) is 6.92 Å². The van der Waals surface area contributed by atoms with Crippen molar-refractivity contribution >= 4 is 17.9 Å². The molecule has 0 amide bonds. The van der Waals surface area contributed by atoms with Crippen molar-refractivity contribution < 1.29 is 29.7 Å². The first kappa shape index (κ1) is 14.9. The van der Waals surface area contributed by atoms with Gasteiger partial charge in [-0.1, -0.05) is 12.5 Å². The summed E-state index contributed by atoms with van der Waals surface area (Å²) in [4.78, 5) is 29.4. The van der Waals surface area contributed by atoms with E-state index in [0.29, 0.717) is 17.7 Å². The van der Waals surface area contributed by atoms with Gasteiger partial charge >= 0.3 is 17.9 Å². The smallest absolute Gasteiger partial charge is 0.331 e. The molecule has 0 saturated carbocycles. The predicted octanol–water partition coefficient (Wildman–Crippen LogP) is 1.28. The third-order valence-electron chi connectivity index (χ3n) is 2.16. The van der Waals surface area contributed by atoms with E-state index in [4.69, 9.17) is 15.3 Å². The van der Waals surface area contributed by atoms with E-state index < -0.39 is 17.9 Å². The van der Waals surface area contributed by atoms with Crippen LogP contribution in [-0.2, 0) is 14.4 Å². The Kier molecular flexibility index (Phi) is 6.32. The van der Waals surface area contributed by atoms with Gasteiger partial charge < -0.3 is 15.3 Å². The molecular weight excluding hydrogens is 228 g/mol. The summed E-state index contributed by atoms with van der Waals surface area (Å²) in [6.45, 7) is 2.00. The molecule has 0 fully saturated rings. The largest absolute Gasteiger partial charge is 0.478 e. The zero-order valence-corrected chi connectivity index (χ0v) is 9.34. The van der Waals surface area contributed by atoms with E-state index in [0.717, 1.165) is 24.8 Å². The van der Waals surface area contributed by atoms with Gasteiger partial charge in [-0.05, 0) is 19.3 Å². The molecule has 0 unspecified atom stereocenters. The Morgan fingerprint density at radius 2 is 1.53 bits per heavy atom. The number of rotatable bonds is 4. The first-order valence-corrected chi connectivity index (χ1v) is 4.96. The molecule has 0 atom stereocenters. The first-order valence-electron chi connectivity index (χ1n) is 4.96. The van der Waals surface area contributed by atoms with Gasteiger partial charge in [0.2, 0.25) is 0 Å². The van der Waals surface area contributed by atoms with E-state index in [-0.39, 0.29) is 0 Å². The SMILES string of the molecule is CCC1=C(C(=O)O)CC1.O=C(O)/C=C/C(=O)O. The highest BCUT2D eigenvalue weighted by Crippen LogP contribution is 2.29. The normalized spacial score (nSPS) is 13.7. The number of carbonyl (C=O) groups is 3. The van der Waals surface area contributed by atoms with Crippen molar-refractivity contribution in [2.75, 3.05) is 0 Å². The second kappa shape index (κ2) is 7.21. The standard InChI is InChI=1S/C7H10O2.C4H4O4/c1-2-5-3-4-6(5)7(8)9;5-3(6)1-2-4(7)8/h2-4H2,1H3,(H,8,9);1-2H,(H,5,6)(H,7,8)/b;2-1+. The van der Waals surface area contributed by atoms with Gasteiger partial charge in [-0.3, -0.25) is 0 Å². The molecule has 0 radical (unpaired) electrons. The van der Waals surface area contributed by atoms with Crippen LogP contribution in [0.2, 0.25) is 0 Å². The lowest BCUT2D eigenvalue weighted by Gasteiger charge is -2.18. The van der Waals surface area contributed by atoms with Crippen molar-refractivity contribution in [3.63, 3.8) is 0 Å². The predicted molar refractivity (Wildman–Crippen MR) is 58.6 cm³/mol. The molecule has 1 rings (SSSR count). The molecule has 0 aromatic rings. The second-order valence-corrected chi connectivity index (χ2v) is 3.25. The summed E-state index contributed by atoms with van der Waals surface area (Å²) in [5.74, 6) is -3.24. The number of aliphatic carboxylic acids is 3. The minimum Gasteiger partial charge on any atom is -0.478 e. The van der Waals surface area contributed by atoms with Gasteiger partial charge in [0, 0.05) is 17.7 Å². The topological polar surface area (TPSA) is 112 Å². The zero-order chi connectivity index (χ0) is 13.4. The second-order valence-electron chi connectivity index (χ2n) is 3.25. The molecule has 1 aliphatic carbocycles. The summed E-state index contributed by atoms with van der Waals surface area (Å²) in [7, 11) is 0. The van der Waals surface area contributed by atoms with Gasteiger partial charge in [-0.15, -0.1) is 0 Å². The molecule has 94 valence electrons. The minimum absolute atomic E-state index is 0.558. The molecule has 6 nitrogen and oxygen atoms in total. The minimum atomic E-state index is -1.26. The summed E-state index contributed by atoms with van der Waals surface area (Å²) >= 11 is 0. The van der Waals surface area contributed by atoms with Crippen LogP contribution in [0, 0.1) is 0 Å². The van der Waals surface area contributed by atoms with Crippen LogP contribution >= 0.6 is 0 Å². The van der Waals surface area contributed by atoms with Gasteiger partial charge in [0.15, 0.2) is 0 Å². The van der Waals surface area contributed by atoms with E-state index in [2.05, 4.69) is 0 Å². The third kappa shape index (κ3) is 6.14. The average Bonchev–Trinajstić information content (AvgIpc) is 2.13. The Bertz CT molecular complexity index is 361. The molecule has 0 heterocycles. The van der Waals surface area contributed by atoms with Crippen LogP contribution in [0.4, 0.5) is 0 Å². The van der Waals surface area contributed by atoms with Crippen molar-refractivity contribution in [2.45, 2.75) is 26.2 Å². The van der Waals surface area contributed by atoms with E-state index in [9.17, 15) is 14.4 Å². The summed E-state index contributed by atoms with van der Waals surface area (Å²) in [6.07, 6.45) is 3.79. The molecule has 0 spiro atoms. The maximum atomic E-state index is 10.3. The van der Waals surface area contributed by atoms with E-state index >= 15 is 0 Å². The van der Waals surface area contributed by atoms with Gasteiger partial charge in [-0.25, -0.2) is 14.4 Å². The fraction of sp³-hybridized carbons (Fsp3) is 0.364. The summed E-state index contributed by atoms with van der Waals surface area (Å²) in [6, 6.07) is 0.